The van der Waals surface area contributed by atoms with E-state index >= 15 is 0 Å². The first-order valence-corrected chi connectivity index (χ1v) is 6.74. The van der Waals surface area contributed by atoms with Crippen LogP contribution < -0.4 is 10.9 Å². The van der Waals surface area contributed by atoms with Gasteiger partial charge in [0.05, 0.1) is 25.0 Å². The highest BCUT2D eigenvalue weighted by Crippen LogP contribution is 2.24. The van der Waals surface area contributed by atoms with Crippen molar-refractivity contribution >= 4 is 21.6 Å². The molecule has 0 radical (unpaired) electrons. The van der Waals surface area contributed by atoms with Gasteiger partial charge in [0, 0.05) is 6.54 Å². The van der Waals surface area contributed by atoms with Crippen molar-refractivity contribution in [3.8, 4) is 0 Å². The molecule has 1 aromatic rings. The second-order valence-corrected chi connectivity index (χ2v) is 5.41. The van der Waals surface area contributed by atoms with E-state index in [1.165, 1.54) is 0 Å². The summed E-state index contributed by atoms with van der Waals surface area (Å²) >= 11 is 2.96. The van der Waals surface area contributed by atoms with Crippen molar-refractivity contribution in [1.82, 2.24) is 14.7 Å². The minimum atomic E-state index is -4.18. The predicted octanol–water partition coefficient (Wildman–Crippen LogP) is 1.88. The molecule has 1 heterocycles. The second kappa shape index (κ2) is 7.21. The fourth-order valence-electron chi connectivity index (χ4n) is 1.33. The molecule has 5 nitrogen and oxygen atoms in total. The maximum absolute atomic E-state index is 12.8. The summed E-state index contributed by atoms with van der Waals surface area (Å²) in [6.07, 6.45) is -2.64. The van der Waals surface area contributed by atoms with Crippen molar-refractivity contribution in [3.05, 3.63) is 21.0 Å². The first kappa shape index (κ1) is 17.9. The van der Waals surface area contributed by atoms with Gasteiger partial charge in [-0.25, -0.2) is 13.5 Å². The summed E-state index contributed by atoms with van der Waals surface area (Å²) in [5, 5.41) is 5.91. The van der Waals surface area contributed by atoms with E-state index in [9.17, 15) is 22.4 Å². The standard InChI is InChI=1S/C11H15BrF4N4O/c1-19(2)3-4-20-9(21)8(12)7(5-18-20)17-6-11(15,16)10(13)14/h5,10,17H,3-4,6H2,1-2H3. The lowest BCUT2D eigenvalue weighted by Gasteiger charge is -2.17. The highest BCUT2D eigenvalue weighted by atomic mass is 79.9. The van der Waals surface area contributed by atoms with Gasteiger partial charge < -0.3 is 10.2 Å². The van der Waals surface area contributed by atoms with Crippen LogP contribution in [0.25, 0.3) is 0 Å². The molecular formula is C11H15BrF4N4O. The van der Waals surface area contributed by atoms with Gasteiger partial charge in [-0.1, -0.05) is 0 Å². The minimum Gasteiger partial charge on any atom is -0.376 e. The SMILES string of the molecule is CN(C)CCn1ncc(NCC(F)(F)C(F)F)c(Br)c1=O. The van der Waals surface area contributed by atoms with Gasteiger partial charge in [-0.3, -0.25) is 4.79 Å². The Morgan fingerprint density at radius 2 is 2.10 bits per heavy atom. The zero-order valence-electron chi connectivity index (χ0n) is 11.4. The molecule has 0 aliphatic heterocycles. The van der Waals surface area contributed by atoms with Crippen LogP contribution in [0.4, 0.5) is 23.2 Å². The van der Waals surface area contributed by atoms with Gasteiger partial charge in [0.1, 0.15) is 4.47 Å². The highest BCUT2D eigenvalue weighted by Gasteiger charge is 2.40. The Morgan fingerprint density at radius 1 is 1.48 bits per heavy atom. The van der Waals surface area contributed by atoms with E-state index in [0.29, 0.717) is 13.1 Å². The molecule has 1 N–H and O–H groups in total. The Bertz CT molecular complexity index is 535. The third-order valence-electron chi connectivity index (χ3n) is 2.58. The summed E-state index contributed by atoms with van der Waals surface area (Å²) in [4.78, 5) is 13.8. The Labute approximate surface area is 127 Å². The van der Waals surface area contributed by atoms with Crippen LogP contribution in [-0.4, -0.2) is 54.2 Å². The van der Waals surface area contributed by atoms with Crippen molar-refractivity contribution in [2.24, 2.45) is 0 Å². The molecule has 0 fully saturated rings. The van der Waals surface area contributed by atoms with Gasteiger partial charge in [-0.2, -0.15) is 13.9 Å². The number of hydrogen-bond donors (Lipinski definition) is 1. The number of hydrogen-bond acceptors (Lipinski definition) is 4. The average Bonchev–Trinajstić information content (AvgIpc) is 2.39. The number of anilines is 1. The first-order chi connectivity index (χ1) is 9.65. The lowest BCUT2D eigenvalue weighted by Crippen LogP contribution is -2.35. The van der Waals surface area contributed by atoms with Crippen LogP contribution in [0.15, 0.2) is 15.5 Å². The number of halogens is 5. The van der Waals surface area contributed by atoms with Crippen LogP contribution >= 0.6 is 15.9 Å². The van der Waals surface area contributed by atoms with Crippen molar-refractivity contribution < 1.29 is 17.6 Å². The number of nitrogens with zero attached hydrogens (tertiary/aromatic N) is 3. The molecular weight excluding hydrogens is 360 g/mol. The molecule has 0 saturated heterocycles. The molecule has 0 amide bonds. The van der Waals surface area contributed by atoms with E-state index in [4.69, 9.17) is 0 Å². The number of alkyl halides is 4. The smallest absolute Gasteiger partial charge is 0.324 e. The van der Waals surface area contributed by atoms with Crippen molar-refractivity contribution in [1.29, 1.82) is 0 Å². The van der Waals surface area contributed by atoms with Gasteiger partial charge in [-0.15, -0.1) is 0 Å². The molecule has 10 heteroatoms. The number of likely N-dealkylation sites (N-methyl/N-ethyl adjacent to an activating group) is 1. The molecule has 0 aliphatic carbocycles. The summed E-state index contributed by atoms with van der Waals surface area (Å²) in [5.74, 6) is -4.18. The van der Waals surface area contributed by atoms with E-state index in [2.05, 4.69) is 26.3 Å². The fraction of sp³-hybridized carbons (Fsp3) is 0.636. The topological polar surface area (TPSA) is 50.2 Å². The molecule has 0 spiro atoms. The van der Waals surface area contributed by atoms with Gasteiger partial charge >= 0.3 is 12.3 Å². The Kier molecular flexibility index (Phi) is 6.14. The van der Waals surface area contributed by atoms with Crippen molar-refractivity contribution in [2.45, 2.75) is 18.9 Å². The molecule has 0 saturated carbocycles. The lowest BCUT2D eigenvalue weighted by atomic mass is 10.3. The molecule has 0 aliphatic rings. The molecule has 1 rings (SSSR count). The van der Waals surface area contributed by atoms with Crippen LogP contribution in [-0.2, 0) is 6.54 Å². The van der Waals surface area contributed by atoms with E-state index < -0.39 is 24.5 Å². The van der Waals surface area contributed by atoms with E-state index in [1.807, 2.05) is 19.0 Å². The number of rotatable bonds is 7. The summed E-state index contributed by atoms with van der Waals surface area (Å²) in [6, 6.07) is 0. The first-order valence-electron chi connectivity index (χ1n) is 5.95. The number of aromatic nitrogens is 2. The van der Waals surface area contributed by atoms with Crippen LogP contribution in [0.2, 0.25) is 0 Å². The predicted molar refractivity (Wildman–Crippen MR) is 74.2 cm³/mol. The van der Waals surface area contributed by atoms with Gasteiger partial charge in [0.2, 0.25) is 0 Å². The lowest BCUT2D eigenvalue weighted by molar-refractivity contribution is -0.117. The third kappa shape index (κ3) is 4.95. The molecule has 0 unspecified atom stereocenters. The van der Waals surface area contributed by atoms with Crippen LogP contribution in [0, 0.1) is 0 Å². The van der Waals surface area contributed by atoms with Gasteiger partial charge in [0.15, 0.2) is 0 Å². The monoisotopic (exact) mass is 374 g/mol. The maximum atomic E-state index is 12.8. The molecule has 120 valence electrons. The summed E-state index contributed by atoms with van der Waals surface area (Å²) < 4.78 is 50.9. The molecule has 0 bridgehead atoms. The van der Waals surface area contributed by atoms with E-state index in [1.54, 1.807) is 0 Å². The van der Waals surface area contributed by atoms with Gasteiger partial charge in [-0.05, 0) is 30.0 Å². The Balaban J connectivity index is 2.83. The minimum absolute atomic E-state index is 0.0266. The average molecular weight is 375 g/mol. The number of nitrogens with one attached hydrogen (secondary N) is 1. The van der Waals surface area contributed by atoms with E-state index in [-0.39, 0.29) is 10.2 Å². The molecule has 21 heavy (non-hydrogen) atoms. The molecule has 0 atom stereocenters. The highest BCUT2D eigenvalue weighted by molar-refractivity contribution is 9.10. The van der Waals surface area contributed by atoms with Crippen LogP contribution in [0.5, 0.6) is 0 Å². The van der Waals surface area contributed by atoms with Crippen LogP contribution in [0.3, 0.4) is 0 Å². The Hall–Kier alpha value is -1.16. The zero-order valence-corrected chi connectivity index (χ0v) is 13.0. The second-order valence-electron chi connectivity index (χ2n) is 4.62. The normalized spacial score (nSPS) is 12.2. The molecule has 0 aromatic carbocycles. The Morgan fingerprint density at radius 3 is 2.62 bits per heavy atom. The molecule has 1 aromatic heterocycles. The van der Waals surface area contributed by atoms with Gasteiger partial charge in [0.25, 0.3) is 5.56 Å². The largest absolute Gasteiger partial charge is 0.376 e. The van der Waals surface area contributed by atoms with E-state index in [0.717, 1.165) is 10.9 Å². The quantitative estimate of drug-likeness (QED) is 0.740. The summed E-state index contributed by atoms with van der Waals surface area (Å²) in [5.41, 5.74) is -0.580. The van der Waals surface area contributed by atoms with Crippen molar-refractivity contribution in [3.63, 3.8) is 0 Å². The summed E-state index contributed by atoms with van der Waals surface area (Å²) in [7, 11) is 3.64. The zero-order chi connectivity index (χ0) is 16.2. The maximum Gasteiger partial charge on any atom is 0.324 e. The summed E-state index contributed by atoms with van der Waals surface area (Å²) in [6.45, 7) is -0.403. The fourth-order valence-corrected chi connectivity index (χ4v) is 1.78. The van der Waals surface area contributed by atoms with Crippen molar-refractivity contribution in [2.75, 3.05) is 32.5 Å². The third-order valence-corrected chi connectivity index (χ3v) is 3.34. The van der Waals surface area contributed by atoms with Crippen LogP contribution in [0.1, 0.15) is 0 Å².